The average Bonchev–Trinajstić information content (AvgIpc) is 3.23. The lowest BCUT2D eigenvalue weighted by molar-refractivity contribution is -0.117. The van der Waals surface area contributed by atoms with Gasteiger partial charge in [0.2, 0.25) is 5.91 Å². The van der Waals surface area contributed by atoms with Gasteiger partial charge in [-0.2, -0.15) is 5.10 Å². The molecule has 0 unspecified atom stereocenters. The van der Waals surface area contributed by atoms with Gasteiger partial charge in [0.15, 0.2) is 5.82 Å². The minimum Gasteiger partial charge on any atom is -0.382 e. The Hall–Kier alpha value is -3.74. The summed E-state index contributed by atoms with van der Waals surface area (Å²) in [6.45, 7) is 5.67. The van der Waals surface area contributed by atoms with E-state index in [2.05, 4.69) is 40.0 Å². The van der Waals surface area contributed by atoms with Crippen LogP contribution in [0.15, 0.2) is 55.5 Å². The van der Waals surface area contributed by atoms with Gasteiger partial charge in [-0.05, 0) is 23.8 Å². The molecule has 1 aliphatic rings. The number of nitrogens with zero attached hydrogens (tertiary/aromatic N) is 4. The number of nitrogens with one attached hydrogen (secondary N) is 1. The summed E-state index contributed by atoms with van der Waals surface area (Å²) in [4.78, 5) is 20.8. The summed E-state index contributed by atoms with van der Waals surface area (Å²) < 4.78 is 1.86. The van der Waals surface area contributed by atoms with Gasteiger partial charge in [0.25, 0.3) is 0 Å². The van der Waals surface area contributed by atoms with Gasteiger partial charge in [0.1, 0.15) is 11.8 Å². The Bertz CT molecular complexity index is 1290. The number of rotatable bonds is 3. The maximum absolute atomic E-state index is 11.9. The Morgan fingerprint density at radius 3 is 3.00 bits per heavy atom. The first-order valence-electron chi connectivity index (χ1n) is 9.50. The highest BCUT2D eigenvalue weighted by Crippen LogP contribution is 2.45. The first-order valence-corrected chi connectivity index (χ1v) is 9.50. The third-order valence-corrected chi connectivity index (χ3v) is 5.76. The number of para-hydroxylation sites is 1. The van der Waals surface area contributed by atoms with Crippen LogP contribution in [-0.4, -0.2) is 31.5 Å². The van der Waals surface area contributed by atoms with Gasteiger partial charge in [-0.1, -0.05) is 31.7 Å². The molecule has 29 heavy (non-hydrogen) atoms. The van der Waals surface area contributed by atoms with Gasteiger partial charge in [0.05, 0.1) is 5.52 Å². The maximum Gasteiger partial charge on any atom is 0.243 e. The molecule has 1 aromatic carbocycles. The van der Waals surface area contributed by atoms with E-state index in [1.54, 1.807) is 0 Å². The number of hydrogen-bond donors (Lipinski definition) is 2. The standard InChI is InChI=1S/C22H20N6O/c1-3-18(29)27-16-9-17-19(12(16)2)20(21-22(23)25-11-26-28(17)21)14-8-13-6-4-5-7-15(13)24-10-14/h3-8,10-12,16H,1,9H2,2H3,(H,27,29)(H2,23,25,26)/t12-,16+/m1/s1. The molecule has 1 aliphatic carbocycles. The fraction of sp³-hybridized carbons (Fsp3) is 0.182. The van der Waals surface area contributed by atoms with Gasteiger partial charge in [0, 0.05) is 46.8 Å². The fourth-order valence-corrected chi connectivity index (χ4v) is 4.38. The summed E-state index contributed by atoms with van der Waals surface area (Å²) in [5.74, 6) is 0.331. The highest BCUT2D eigenvalue weighted by molar-refractivity contribution is 5.95. The molecule has 1 amide bonds. The van der Waals surface area contributed by atoms with Crippen LogP contribution in [0.1, 0.15) is 24.1 Å². The Morgan fingerprint density at radius 2 is 2.17 bits per heavy atom. The van der Waals surface area contributed by atoms with E-state index in [4.69, 9.17) is 5.73 Å². The molecule has 4 aromatic rings. The van der Waals surface area contributed by atoms with Crippen LogP contribution in [0.4, 0.5) is 5.82 Å². The normalized spacial score (nSPS) is 18.1. The minimum absolute atomic E-state index is 0.0363. The van der Waals surface area contributed by atoms with E-state index in [0.717, 1.165) is 38.8 Å². The molecule has 0 saturated carbocycles. The predicted molar refractivity (Wildman–Crippen MR) is 112 cm³/mol. The third kappa shape index (κ3) is 2.58. The van der Waals surface area contributed by atoms with Gasteiger partial charge in [-0.25, -0.2) is 9.50 Å². The molecule has 2 atom stereocenters. The molecule has 0 fully saturated rings. The number of pyridine rings is 1. The molecule has 0 bridgehead atoms. The lowest BCUT2D eigenvalue weighted by atomic mass is 9.93. The zero-order valence-corrected chi connectivity index (χ0v) is 16.0. The SMILES string of the molecule is C=CC(=O)N[C@H]1Cc2c(c(-c3cnc4ccccc4c3)c3c(N)ncnn23)[C@@H]1C. The lowest BCUT2D eigenvalue weighted by Crippen LogP contribution is -2.36. The number of hydrogen-bond acceptors (Lipinski definition) is 5. The zero-order chi connectivity index (χ0) is 20.1. The van der Waals surface area contributed by atoms with Crippen molar-refractivity contribution in [2.45, 2.75) is 25.3 Å². The van der Waals surface area contributed by atoms with Crippen molar-refractivity contribution in [1.82, 2.24) is 24.9 Å². The first-order chi connectivity index (χ1) is 14.1. The zero-order valence-electron chi connectivity index (χ0n) is 16.0. The van der Waals surface area contributed by atoms with Crippen LogP contribution in [0, 0.1) is 0 Å². The highest BCUT2D eigenvalue weighted by Gasteiger charge is 2.37. The van der Waals surface area contributed by atoms with Crippen molar-refractivity contribution in [1.29, 1.82) is 0 Å². The minimum atomic E-state index is -0.177. The second kappa shape index (κ2) is 6.41. The molecule has 0 saturated heterocycles. The van der Waals surface area contributed by atoms with Crippen molar-refractivity contribution in [2.24, 2.45) is 0 Å². The quantitative estimate of drug-likeness (QED) is 0.529. The smallest absolute Gasteiger partial charge is 0.243 e. The molecular weight excluding hydrogens is 364 g/mol. The van der Waals surface area contributed by atoms with Crippen molar-refractivity contribution < 1.29 is 4.79 Å². The van der Waals surface area contributed by atoms with Gasteiger partial charge >= 0.3 is 0 Å². The van der Waals surface area contributed by atoms with Gasteiger partial charge < -0.3 is 11.1 Å². The van der Waals surface area contributed by atoms with Crippen molar-refractivity contribution >= 4 is 28.1 Å². The third-order valence-electron chi connectivity index (χ3n) is 5.76. The predicted octanol–water partition coefficient (Wildman–Crippen LogP) is 2.86. The van der Waals surface area contributed by atoms with E-state index in [1.165, 1.54) is 12.4 Å². The Labute approximate surface area is 167 Å². The van der Waals surface area contributed by atoms with Crippen LogP contribution < -0.4 is 11.1 Å². The van der Waals surface area contributed by atoms with E-state index < -0.39 is 0 Å². The number of anilines is 1. The molecule has 7 nitrogen and oxygen atoms in total. The van der Waals surface area contributed by atoms with E-state index in [9.17, 15) is 4.79 Å². The van der Waals surface area contributed by atoms with Crippen molar-refractivity contribution in [3.63, 3.8) is 0 Å². The topological polar surface area (TPSA) is 98.2 Å². The Morgan fingerprint density at radius 1 is 1.34 bits per heavy atom. The van der Waals surface area contributed by atoms with Crippen LogP contribution in [0.3, 0.4) is 0 Å². The summed E-state index contributed by atoms with van der Waals surface area (Å²) in [5.41, 5.74) is 12.1. The molecule has 0 spiro atoms. The number of amides is 1. The second-order valence-electron chi connectivity index (χ2n) is 7.37. The lowest BCUT2D eigenvalue weighted by Gasteiger charge is -2.19. The van der Waals surface area contributed by atoms with Crippen LogP contribution in [0.2, 0.25) is 0 Å². The number of benzene rings is 1. The van der Waals surface area contributed by atoms with Gasteiger partial charge in [-0.3, -0.25) is 9.78 Å². The Balaban J connectivity index is 1.75. The summed E-state index contributed by atoms with van der Waals surface area (Å²) in [7, 11) is 0. The summed E-state index contributed by atoms with van der Waals surface area (Å²) in [6, 6.07) is 10.1. The second-order valence-corrected chi connectivity index (χ2v) is 7.37. The van der Waals surface area contributed by atoms with E-state index in [0.29, 0.717) is 12.2 Å². The highest BCUT2D eigenvalue weighted by atomic mass is 16.1. The average molecular weight is 384 g/mol. The number of carbonyl (C=O) groups excluding carboxylic acids is 1. The van der Waals surface area contributed by atoms with Crippen LogP contribution in [0.5, 0.6) is 0 Å². The maximum atomic E-state index is 11.9. The first kappa shape index (κ1) is 17.4. The van der Waals surface area contributed by atoms with Crippen LogP contribution in [0.25, 0.3) is 27.5 Å². The number of aromatic nitrogens is 4. The van der Waals surface area contributed by atoms with Crippen molar-refractivity contribution in [3.8, 4) is 11.1 Å². The number of nitrogen functional groups attached to an aromatic ring is 1. The molecule has 7 heteroatoms. The molecule has 144 valence electrons. The number of nitrogens with two attached hydrogens (primary N) is 1. The van der Waals surface area contributed by atoms with E-state index in [1.807, 2.05) is 35.0 Å². The largest absolute Gasteiger partial charge is 0.382 e. The van der Waals surface area contributed by atoms with E-state index in [-0.39, 0.29) is 17.9 Å². The van der Waals surface area contributed by atoms with Crippen LogP contribution >= 0.6 is 0 Å². The molecule has 5 rings (SSSR count). The van der Waals surface area contributed by atoms with E-state index >= 15 is 0 Å². The molecular formula is C22H20N6O. The molecule has 3 N–H and O–H groups in total. The number of fused-ring (bicyclic) bond motifs is 4. The molecule has 3 aromatic heterocycles. The van der Waals surface area contributed by atoms with Crippen LogP contribution in [-0.2, 0) is 11.2 Å². The van der Waals surface area contributed by atoms with Gasteiger partial charge in [-0.15, -0.1) is 0 Å². The Kier molecular flexibility index (Phi) is 3.84. The van der Waals surface area contributed by atoms with Crippen molar-refractivity contribution in [3.05, 3.63) is 66.8 Å². The molecule has 3 heterocycles. The van der Waals surface area contributed by atoms with Crippen molar-refractivity contribution in [2.75, 3.05) is 5.73 Å². The summed E-state index contributed by atoms with van der Waals surface area (Å²) >= 11 is 0. The summed E-state index contributed by atoms with van der Waals surface area (Å²) in [5, 5.41) is 8.55. The molecule has 0 radical (unpaired) electrons. The summed E-state index contributed by atoms with van der Waals surface area (Å²) in [6.07, 6.45) is 5.29. The number of carbonyl (C=O) groups is 1. The molecule has 0 aliphatic heterocycles. The fourth-order valence-electron chi connectivity index (χ4n) is 4.38. The monoisotopic (exact) mass is 384 g/mol.